The smallest absolute Gasteiger partial charge is 0.157 e. The van der Waals surface area contributed by atoms with Crippen molar-refractivity contribution in [2.24, 2.45) is 0 Å². The third kappa shape index (κ3) is 1.92. The van der Waals surface area contributed by atoms with Crippen LogP contribution in [0.2, 0.25) is 0 Å². The van der Waals surface area contributed by atoms with E-state index in [0.29, 0.717) is 6.04 Å². The lowest BCUT2D eigenvalue weighted by Crippen LogP contribution is -2.42. The molecule has 2 aromatic rings. The fourth-order valence-corrected chi connectivity index (χ4v) is 3.85. The van der Waals surface area contributed by atoms with E-state index in [1.54, 1.807) is 12.1 Å². The average molecular weight is 281 g/mol. The minimum atomic E-state index is -0.0193. The topological polar surface area (TPSA) is 52.5 Å². The van der Waals surface area contributed by atoms with Crippen LogP contribution in [0.15, 0.2) is 30.3 Å². The van der Waals surface area contributed by atoms with Crippen molar-refractivity contribution < 1.29 is 10.2 Å². The second-order valence-electron chi connectivity index (χ2n) is 6.25. The van der Waals surface area contributed by atoms with E-state index < -0.39 is 0 Å². The van der Waals surface area contributed by atoms with E-state index in [2.05, 4.69) is 30.4 Å². The van der Waals surface area contributed by atoms with Crippen molar-refractivity contribution in [1.82, 2.24) is 5.32 Å². The van der Waals surface area contributed by atoms with Gasteiger partial charge in [-0.05, 0) is 54.2 Å². The van der Waals surface area contributed by atoms with Crippen LogP contribution < -0.4 is 5.32 Å². The summed E-state index contributed by atoms with van der Waals surface area (Å²) in [7, 11) is 0. The zero-order chi connectivity index (χ0) is 14.6. The number of fused-ring (bicyclic) bond motifs is 5. The van der Waals surface area contributed by atoms with Crippen LogP contribution in [0.4, 0.5) is 0 Å². The predicted molar refractivity (Wildman–Crippen MR) is 81.7 cm³/mol. The summed E-state index contributed by atoms with van der Waals surface area (Å²) in [4.78, 5) is 0. The Hall–Kier alpha value is -2.00. The van der Waals surface area contributed by atoms with E-state index in [4.69, 9.17) is 0 Å². The van der Waals surface area contributed by atoms with Crippen molar-refractivity contribution in [3.8, 4) is 11.5 Å². The lowest BCUT2D eigenvalue weighted by Gasteiger charge is -2.39. The van der Waals surface area contributed by atoms with E-state index in [9.17, 15) is 10.2 Å². The SMILES string of the molecule is Cc1ccc2c(c1)C1c3cc(O)c(O)cc3CC[C@H]1NC2. The molecule has 0 spiro atoms. The molecule has 0 saturated heterocycles. The summed E-state index contributed by atoms with van der Waals surface area (Å²) in [5, 5.41) is 23.3. The number of phenols is 2. The van der Waals surface area contributed by atoms with Gasteiger partial charge in [-0.15, -0.1) is 0 Å². The van der Waals surface area contributed by atoms with Gasteiger partial charge in [-0.3, -0.25) is 0 Å². The number of nitrogens with one attached hydrogen (secondary N) is 1. The van der Waals surface area contributed by atoms with E-state index in [0.717, 1.165) is 30.5 Å². The van der Waals surface area contributed by atoms with Crippen LogP contribution in [0.1, 0.15) is 40.2 Å². The zero-order valence-corrected chi connectivity index (χ0v) is 12.1. The van der Waals surface area contributed by atoms with Crippen LogP contribution in [0.3, 0.4) is 0 Å². The van der Waals surface area contributed by atoms with Gasteiger partial charge in [0.15, 0.2) is 11.5 Å². The van der Waals surface area contributed by atoms with Gasteiger partial charge in [0.2, 0.25) is 0 Å². The van der Waals surface area contributed by atoms with E-state index in [1.165, 1.54) is 16.7 Å². The molecular weight excluding hydrogens is 262 g/mol. The van der Waals surface area contributed by atoms with Crippen molar-refractivity contribution in [1.29, 1.82) is 0 Å². The van der Waals surface area contributed by atoms with Crippen LogP contribution in [0.25, 0.3) is 0 Å². The van der Waals surface area contributed by atoms with E-state index >= 15 is 0 Å². The van der Waals surface area contributed by atoms with Crippen LogP contribution in [0.5, 0.6) is 11.5 Å². The third-order valence-corrected chi connectivity index (χ3v) is 4.89. The molecule has 1 heterocycles. The Labute approximate surface area is 124 Å². The maximum Gasteiger partial charge on any atom is 0.157 e. The molecule has 1 aliphatic heterocycles. The number of benzene rings is 2. The highest BCUT2D eigenvalue weighted by atomic mass is 16.3. The Morgan fingerprint density at radius 3 is 2.62 bits per heavy atom. The predicted octanol–water partition coefficient (Wildman–Crippen LogP) is 2.96. The van der Waals surface area contributed by atoms with Crippen LogP contribution in [-0.2, 0) is 13.0 Å². The molecule has 3 heteroatoms. The van der Waals surface area contributed by atoms with Gasteiger partial charge in [-0.25, -0.2) is 0 Å². The molecule has 0 saturated carbocycles. The van der Waals surface area contributed by atoms with Crippen LogP contribution in [0, 0.1) is 6.92 Å². The van der Waals surface area contributed by atoms with Gasteiger partial charge in [0.25, 0.3) is 0 Å². The first kappa shape index (κ1) is 12.7. The first-order valence-corrected chi connectivity index (χ1v) is 7.51. The van der Waals surface area contributed by atoms with Crippen LogP contribution >= 0.6 is 0 Å². The molecule has 0 radical (unpaired) electrons. The van der Waals surface area contributed by atoms with Gasteiger partial charge in [-0.2, -0.15) is 0 Å². The van der Waals surface area contributed by atoms with Gasteiger partial charge in [-0.1, -0.05) is 23.8 Å². The molecular formula is C18H19NO2. The van der Waals surface area contributed by atoms with Gasteiger partial charge >= 0.3 is 0 Å². The summed E-state index contributed by atoms with van der Waals surface area (Å²) < 4.78 is 0. The van der Waals surface area contributed by atoms with Gasteiger partial charge in [0.1, 0.15) is 0 Å². The largest absolute Gasteiger partial charge is 0.504 e. The Morgan fingerprint density at radius 2 is 1.76 bits per heavy atom. The molecule has 2 aliphatic rings. The molecule has 1 aliphatic carbocycles. The van der Waals surface area contributed by atoms with E-state index in [-0.39, 0.29) is 17.4 Å². The highest BCUT2D eigenvalue weighted by Crippen LogP contribution is 2.44. The first-order valence-electron chi connectivity index (χ1n) is 7.51. The molecule has 21 heavy (non-hydrogen) atoms. The molecule has 108 valence electrons. The summed E-state index contributed by atoms with van der Waals surface area (Å²) in [6.45, 7) is 3.03. The minimum absolute atomic E-state index is 0.0135. The van der Waals surface area contributed by atoms with Crippen molar-refractivity contribution in [3.63, 3.8) is 0 Å². The molecule has 3 nitrogen and oxygen atoms in total. The number of hydrogen-bond donors (Lipinski definition) is 3. The van der Waals surface area contributed by atoms with Crippen molar-refractivity contribution in [2.45, 2.75) is 38.3 Å². The molecule has 0 fully saturated rings. The molecule has 0 bridgehead atoms. The fraction of sp³-hybridized carbons (Fsp3) is 0.333. The molecule has 1 unspecified atom stereocenters. The van der Waals surface area contributed by atoms with Crippen molar-refractivity contribution >= 4 is 0 Å². The molecule has 0 aromatic heterocycles. The lowest BCUT2D eigenvalue weighted by molar-refractivity contribution is 0.380. The Morgan fingerprint density at radius 1 is 1.00 bits per heavy atom. The molecule has 2 aromatic carbocycles. The molecule has 3 N–H and O–H groups in total. The molecule has 4 rings (SSSR count). The van der Waals surface area contributed by atoms with Crippen molar-refractivity contribution in [2.75, 3.05) is 0 Å². The maximum absolute atomic E-state index is 9.90. The maximum atomic E-state index is 9.90. The number of phenolic OH excluding ortho intramolecular Hbond substituents is 2. The fourth-order valence-electron chi connectivity index (χ4n) is 3.85. The number of aryl methyl sites for hydroxylation is 2. The highest BCUT2D eigenvalue weighted by molar-refractivity contribution is 5.53. The highest BCUT2D eigenvalue weighted by Gasteiger charge is 2.35. The normalized spacial score (nSPS) is 23.1. The monoisotopic (exact) mass is 281 g/mol. The minimum Gasteiger partial charge on any atom is -0.504 e. The second kappa shape index (κ2) is 4.50. The summed E-state index contributed by atoms with van der Waals surface area (Å²) in [5.41, 5.74) is 6.28. The van der Waals surface area contributed by atoms with Crippen LogP contribution in [-0.4, -0.2) is 16.3 Å². The quantitative estimate of drug-likeness (QED) is 0.651. The molecule has 2 atom stereocenters. The Bertz CT molecular complexity index is 723. The zero-order valence-electron chi connectivity index (χ0n) is 12.1. The van der Waals surface area contributed by atoms with Crippen molar-refractivity contribution in [3.05, 3.63) is 58.1 Å². The Kier molecular flexibility index (Phi) is 2.73. The first-order chi connectivity index (χ1) is 10.1. The summed E-state index contributed by atoms with van der Waals surface area (Å²) in [6, 6.07) is 10.5. The third-order valence-electron chi connectivity index (χ3n) is 4.89. The average Bonchev–Trinajstić information content (AvgIpc) is 2.48. The number of hydrogen-bond acceptors (Lipinski definition) is 3. The van der Waals surface area contributed by atoms with E-state index in [1.807, 2.05) is 0 Å². The summed E-state index contributed by atoms with van der Waals surface area (Å²) in [6.07, 6.45) is 2.01. The standard InChI is InChI=1S/C18H19NO2/c1-10-2-3-12-9-19-15-5-4-11-7-16(20)17(21)8-14(11)18(15)13(12)6-10/h2-3,6-8,15,18-21H,4-5,9H2,1H3/t15-,18?/m1/s1. The van der Waals surface area contributed by atoms with Gasteiger partial charge < -0.3 is 15.5 Å². The number of rotatable bonds is 0. The Balaban J connectivity index is 1.92. The summed E-state index contributed by atoms with van der Waals surface area (Å²) in [5.74, 6) is 0.235. The molecule has 0 amide bonds. The number of aromatic hydroxyl groups is 2. The second-order valence-corrected chi connectivity index (χ2v) is 6.25. The summed E-state index contributed by atoms with van der Waals surface area (Å²) >= 11 is 0. The van der Waals surface area contributed by atoms with Gasteiger partial charge in [0, 0.05) is 18.5 Å². The van der Waals surface area contributed by atoms with Gasteiger partial charge in [0.05, 0.1) is 0 Å². The lowest BCUT2D eigenvalue weighted by atomic mass is 9.72.